The molecule has 112 valence electrons. The molecule has 0 saturated carbocycles. The highest BCUT2D eigenvalue weighted by Gasteiger charge is 2.20. The van der Waals surface area contributed by atoms with E-state index in [1.807, 2.05) is 38.2 Å². The van der Waals surface area contributed by atoms with Gasteiger partial charge in [-0.15, -0.1) is 0 Å². The molecule has 0 heterocycles. The summed E-state index contributed by atoms with van der Waals surface area (Å²) in [6.45, 7) is 6.29. The van der Waals surface area contributed by atoms with Crippen molar-refractivity contribution in [3.8, 4) is 5.75 Å². The molecule has 1 aromatic carbocycles. The Labute approximate surface area is 121 Å². The largest absolute Gasteiger partial charge is 0.479 e. The van der Waals surface area contributed by atoms with Crippen LogP contribution in [0.5, 0.6) is 5.75 Å². The summed E-state index contributed by atoms with van der Waals surface area (Å²) >= 11 is 0. The van der Waals surface area contributed by atoms with E-state index in [-0.39, 0.29) is 5.97 Å². The van der Waals surface area contributed by atoms with Gasteiger partial charge in [-0.2, -0.15) is 0 Å². The summed E-state index contributed by atoms with van der Waals surface area (Å²) < 4.78 is 10.8. The van der Waals surface area contributed by atoms with Gasteiger partial charge < -0.3 is 14.8 Å². The maximum absolute atomic E-state index is 11.8. The lowest BCUT2D eigenvalue weighted by Gasteiger charge is -2.18. The summed E-state index contributed by atoms with van der Waals surface area (Å²) in [5, 5.41) is 3.18. The fraction of sp³-hybridized carbons (Fsp3) is 0.562. The Hall–Kier alpha value is -1.55. The number of nitrogens with one attached hydrogen (secondary N) is 1. The molecule has 0 aliphatic rings. The summed E-state index contributed by atoms with van der Waals surface area (Å²) in [6, 6.07) is 8.09. The number of ether oxygens (including phenoxy) is 2. The van der Waals surface area contributed by atoms with Gasteiger partial charge in [0.15, 0.2) is 6.10 Å². The minimum atomic E-state index is -0.521. The minimum Gasteiger partial charge on any atom is -0.479 e. The van der Waals surface area contributed by atoms with Gasteiger partial charge in [0.1, 0.15) is 5.75 Å². The van der Waals surface area contributed by atoms with Crippen molar-refractivity contribution in [2.75, 3.05) is 13.7 Å². The number of carbonyl (C=O) groups is 1. The number of benzene rings is 1. The number of carbonyl (C=O) groups excluding carboxylic acids is 1. The van der Waals surface area contributed by atoms with Gasteiger partial charge in [-0.1, -0.05) is 25.5 Å². The maximum Gasteiger partial charge on any atom is 0.347 e. The van der Waals surface area contributed by atoms with Crippen molar-refractivity contribution in [3.63, 3.8) is 0 Å². The van der Waals surface area contributed by atoms with Crippen LogP contribution in [0, 0.1) is 0 Å². The van der Waals surface area contributed by atoms with Gasteiger partial charge in [-0.25, -0.2) is 4.79 Å². The van der Waals surface area contributed by atoms with E-state index in [0.29, 0.717) is 24.8 Å². The van der Waals surface area contributed by atoms with Crippen molar-refractivity contribution in [2.24, 2.45) is 0 Å². The Morgan fingerprint density at radius 3 is 2.40 bits per heavy atom. The Kier molecular flexibility index (Phi) is 7.09. The Morgan fingerprint density at radius 2 is 1.90 bits per heavy atom. The molecular formula is C16H25NO3. The van der Waals surface area contributed by atoms with E-state index in [1.165, 1.54) is 5.56 Å². The number of rotatable bonds is 8. The smallest absolute Gasteiger partial charge is 0.347 e. The van der Waals surface area contributed by atoms with Gasteiger partial charge in [0.2, 0.25) is 0 Å². The summed E-state index contributed by atoms with van der Waals surface area (Å²) in [7, 11) is 1.92. The van der Waals surface area contributed by atoms with E-state index in [4.69, 9.17) is 9.47 Å². The van der Waals surface area contributed by atoms with Crippen molar-refractivity contribution in [1.82, 2.24) is 5.32 Å². The molecule has 0 fully saturated rings. The predicted octanol–water partition coefficient (Wildman–Crippen LogP) is 3.08. The topological polar surface area (TPSA) is 47.6 Å². The highest BCUT2D eigenvalue weighted by atomic mass is 16.6. The molecule has 0 saturated heterocycles. The van der Waals surface area contributed by atoms with Crippen LogP contribution in [0.4, 0.5) is 0 Å². The van der Waals surface area contributed by atoms with Crippen molar-refractivity contribution >= 4 is 5.97 Å². The molecule has 2 atom stereocenters. The Morgan fingerprint density at radius 1 is 1.25 bits per heavy atom. The second kappa shape index (κ2) is 8.59. The molecule has 0 bridgehead atoms. The molecule has 0 aliphatic heterocycles. The summed E-state index contributed by atoms with van der Waals surface area (Å²) in [5.74, 6) is 0.408. The van der Waals surface area contributed by atoms with Gasteiger partial charge in [0.25, 0.3) is 0 Å². The van der Waals surface area contributed by atoms with Crippen LogP contribution in [0.3, 0.4) is 0 Å². The first-order valence-electron chi connectivity index (χ1n) is 7.22. The fourth-order valence-corrected chi connectivity index (χ4v) is 1.89. The molecule has 0 spiro atoms. The highest BCUT2D eigenvalue weighted by molar-refractivity contribution is 5.75. The third-order valence-corrected chi connectivity index (χ3v) is 3.19. The van der Waals surface area contributed by atoms with Gasteiger partial charge >= 0.3 is 5.97 Å². The number of esters is 1. The van der Waals surface area contributed by atoms with Gasteiger partial charge in [-0.05, 0) is 45.0 Å². The lowest BCUT2D eigenvalue weighted by Crippen LogP contribution is -2.29. The van der Waals surface area contributed by atoms with Crippen LogP contribution in [-0.4, -0.2) is 25.7 Å². The van der Waals surface area contributed by atoms with E-state index < -0.39 is 6.10 Å². The van der Waals surface area contributed by atoms with Crippen LogP contribution in [0.1, 0.15) is 45.2 Å². The molecule has 20 heavy (non-hydrogen) atoms. The van der Waals surface area contributed by atoms with E-state index in [1.54, 1.807) is 6.92 Å². The van der Waals surface area contributed by atoms with Crippen LogP contribution in [-0.2, 0) is 9.53 Å². The zero-order valence-electron chi connectivity index (χ0n) is 12.8. The van der Waals surface area contributed by atoms with Crippen molar-refractivity contribution in [3.05, 3.63) is 29.8 Å². The molecule has 0 aliphatic carbocycles. The SMILES string of the molecule is CCCC(Oc1ccc(C(C)NC)cc1)C(=O)OCC. The first-order valence-corrected chi connectivity index (χ1v) is 7.22. The van der Waals surface area contributed by atoms with E-state index in [9.17, 15) is 4.79 Å². The monoisotopic (exact) mass is 279 g/mol. The third kappa shape index (κ3) is 4.85. The van der Waals surface area contributed by atoms with Crippen molar-refractivity contribution < 1.29 is 14.3 Å². The zero-order chi connectivity index (χ0) is 15.0. The average Bonchev–Trinajstić information content (AvgIpc) is 2.47. The van der Waals surface area contributed by atoms with E-state index in [0.717, 1.165) is 6.42 Å². The summed E-state index contributed by atoms with van der Waals surface area (Å²) in [6.07, 6.45) is 1.01. The zero-order valence-corrected chi connectivity index (χ0v) is 12.8. The summed E-state index contributed by atoms with van der Waals surface area (Å²) in [5.41, 5.74) is 1.18. The first-order chi connectivity index (χ1) is 9.62. The molecule has 1 N–H and O–H groups in total. The predicted molar refractivity (Wildman–Crippen MR) is 79.9 cm³/mol. The van der Waals surface area contributed by atoms with Crippen LogP contribution >= 0.6 is 0 Å². The van der Waals surface area contributed by atoms with E-state index >= 15 is 0 Å². The Bertz CT molecular complexity index is 403. The van der Waals surface area contributed by atoms with Crippen LogP contribution in [0.2, 0.25) is 0 Å². The second-order valence-electron chi connectivity index (χ2n) is 4.73. The lowest BCUT2D eigenvalue weighted by atomic mass is 10.1. The van der Waals surface area contributed by atoms with Crippen LogP contribution in [0.25, 0.3) is 0 Å². The molecule has 4 nitrogen and oxygen atoms in total. The standard InChI is InChI=1S/C16H25NO3/c1-5-7-15(16(18)19-6-2)20-14-10-8-13(9-11-14)12(3)17-4/h8-12,15,17H,5-7H2,1-4H3. The first kappa shape index (κ1) is 16.5. The quantitative estimate of drug-likeness (QED) is 0.743. The summed E-state index contributed by atoms with van der Waals surface area (Å²) in [4.78, 5) is 11.8. The number of hydrogen-bond acceptors (Lipinski definition) is 4. The lowest BCUT2D eigenvalue weighted by molar-refractivity contribution is -0.151. The molecule has 0 radical (unpaired) electrons. The van der Waals surface area contributed by atoms with Gasteiger partial charge in [0, 0.05) is 6.04 Å². The molecule has 0 aromatic heterocycles. The Balaban J connectivity index is 2.71. The maximum atomic E-state index is 11.8. The average molecular weight is 279 g/mol. The highest BCUT2D eigenvalue weighted by Crippen LogP contribution is 2.19. The van der Waals surface area contributed by atoms with Crippen LogP contribution < -0.4 is 10.1 Å². The van der Waals surface area contributed by atoms with Crippen molar-refractivity contribution in [1.29, 1.82) is 0 Å². The van der Waals surface area contributed by atoms with Gasteiger partial charge in [-0.3, -0.25) is 0 Å². The molecular weight excluding hydrogens is 254 g/mol. The van der Waals surface area contributed by atoms with Gasteiger partial charge in [0.05, 0.1) is 6.61 Å². The molecule has 2 unspecified atom stereocenters. The van der Waals surface area contributed by atoms with Crippen molar-refractivity contribution in [2.45, 2.75) is 45.8 Å². The third-order valence-electron chi connectivity index (χ3n) is 3.19. The molecule has 1 rings (SSSR count). The van der Waals surface area contributed by atoms with Crippen LogP contribution in [0.15, 0.2) is 24.3 Å². The molecule has 4 heteroatoms. The fourth-order valence-electron chi connectivity index (χ4n) is 1.89. The molecule has 1 aromatic rings. The van der Waals surface area contributed by atoms with E-state index in [2.05, 4.69) is 12.2 Å². The second-order valence-corrected chi connectivity index (χ2v) is 4.73. The minimum absolute atomic E-state index is 0.290. The number of hydrogen-bond donors (Lipinski definition) is 1. The normalized spacial score (nSPS) is 13.6. The molecule has 0 amide bonds.